The molecule has 0 amide bonds. The van der Waals surface area contributed by atoms with Gasteiger partial charge in [0, 0.05) is 38.7 Å². The Morgan fingerprint density at radius 3 is 2.88 bits per heavy atom. The molecule has 1 aromatic rings. The number of nitrogens with one attached hydrogen (secondary N) is 2. The summed E-state index contributed by atoms with van der Waals surface area (Å²) in [6, 6.07) is 6.31. The number of aliphatic imine (C=N–C) groups is 1. The van der Waals surface area contributed by atoms with E-state index in [-0.39, 0.29) is 6.10 Å². The second-order valence-electron chi connectivity index (χ2n) is 7.09. The van der Waals surface area contributed by atoms with Crippen LogP contribution in [0, 0.1) is 12.8 Å². The Morgan fingerprint density at radius 1 is 1.27 bits per heavy atom. The normalized spacial score (nSPS) is 20.2. The third-order valence-electron chi connectivity index (χ3n) is 4.66. The van der Waals surface area contributed by atoms with Gasteiger partial charge < -0.3 is 24.8 Å². The van der Waals surface area contributed by atoms with Crippen molar-refractivity contribution in [3.63, 3.8) is 0 Å². The summed E-state index contributed by atoms with van der Waals surface area (Å²) >= 11 is 0. The zero-order chi connectivity index (χ0) is 18.2. The Kier molecular flexibility index (Phi) is 7.14. The molecule has 6 heteroatoms. The number of rotatable bonds is 9. The lowest BCUT2D eigenvalue weighted by atomic mass is 10.1. The van der Waals surface area contributed by atoms with Crippen molar-refractivity contribution in [2.45, 2.75) is 38.8 Å². The summed E-state index contributed by atoms with van der Waals surface area (Å²) in [5.41, 5.74) is 2.31. The van der Waals surface area contributed by atoms with Crippen molar-refractivity contribution in [3.8, 4) is 5.75 Å². The molecule has 1 aliphatic heterocycles. The highest BCUT2D eigenvalue weighted by Crippen LogP contribution is 2.28. The van der Waals surface area contributed by atoms with Crippen LogP contribution in [0.1, 0.15) is 30.4 Å². The van der Waals surface area contributed by atoms with Crippen LogP contribution >= 0.6 is 0 Å². The lowest BCUT2D eigenvalue weighted by Gasteiger charge is -2.18. The molecule has 1 aromatic carbocycles. The van der Waals surface area contributed by atoms with Crippen molar-refractivity contribution < 1.29 is 14.2 Å². The van der Waals surface area contributed by atoms with Gasteiger partial charge in [0.25, 0.3) is 0 Å². The molecule has 144 valence electrons. The monoisotopic (exact) mass is 361 g/mol. The van der Waals surface area contributed by atoms with Crippen LogP contribution in [-0.4, -0.2) is 52.1 Å². The minimum Gasteiger partial charge on any atom is -0.488 e. The second kappa shape index (κ2) is 9.78. The maximum Gasteiger partial charge on any atom is 0.191 e. The van der Waals surface area contributed by atoms with Crippen molar-refractivity contribution in [1.29, 1.82) is 0 Å². The van der Waals surface area contributed by atoms with Crippen LogP contribution < -0.4 is 15.4 Å². The van der Waals surface area contributed by atoms with Gasteiger partial charge in [0.2, 0.25) is 0 Å². The lowest BCUT2D eigenvalue weighted by molar-refractivity contribution is 0.129. The zero-order valence-electron chi connectivity index (χ0n) is 15.9. The highest BCUT2D eigenvalue weighted by Gasteiger charge is 2.21. The molecule has 1 saturated carbocycles. The van der Waals surface area contributed by atoms with E-state index >= 15 is 0 Å². The van der Waals surface area contributed by atoms with Gasteiger partial charge in [0.1, 0.15) is 11.9 Å². The second-order valence-corrected chi connectivity index (χ2v) is 7.09. The lowest BCUT2D eigenvalue weighted by Crippen LogP contribution is -2.38. The molecular weight excluding hydrogens is 330 g/mol. The molecule has 0 radical (unpaired) electrons. The molecule has 1 heterocycles. The van der Waals surface area contributed by atoms with E-state index in [2.05, 4.69) is 40.7 Å². The largest absolute Gasteiger partial charge is 0.488 e. The van der Waals surface area contributed by atoms with E-state index in [1.54, 1.807) is 7.05 Å². The maximum absolute atomic E-state index is 6.15. The third-order valence-corrected chi connectivity index (χ3v) is 4.66. The summed E-state index contributed by atoms with van der Waals surface area (Å²) in [7, 11) is 1.78. The van der Waals surface area contributed by atoms with Crippen LogP contribution in [-0.2, 0) is 16.0 Å². The topological polar surface area (TPSA) is 64.1 Å². The Bertz CT molecular complexity index is 596. The average Bonchev–Trinajstić information content (AvgIpc) is 3.33. The molecule has 1 unspecified atom stereocenters. The number of benzene rings is 1. The Labute approximate surface area is 156 Å². The fourth-order valence-corrected chi connectivity index (χ4v) is 2.88. The molecule has 26 heavy (non-hydrogen) atoms. The molecule has 3 rings (SSSR count). The van der Waals surface area contributed by atoms with Crippen molar-refractivity contribution in [1.82, 2.24) is 10.6 Å². The number of guanidine groups is 1. The SMILES string of the molecule is CN=C(NCCOCC1CC1)NCc1ccc(C)cc1OC1CCOC1. The van der Waals surface area contributed by atoms with Crippen molar-refractivity contribution in [2.75, 3.05) is 40.0 Å². The first-order valence-electron chi connectivity index (χ1n) is 9.61. The Balaban J connectivity index is 1.45. The predicted molar refractivity (Wildman–Crippen MR) is 103 cm³/mol. The quantitative estimate of drug-likeness (QED) is 0.401. The Hall–Kier alpha value is -1.79. The van der Waals surface area contributed by atoms with E-state index in [0.717, 1.165) is 49.4 Å². The molecule has 0 spiro atoms. The summed E-state index contributed by atoms with van der Waals surface area (Å²) < 4.78 is 17.2. The minimum absolute atomic E-state index is 0.150. The molecule has 1 atom stereocenters. The van der Waals surface area contributed by atoms with Gasteiger partial charge in [0.05, 0.1) is 19.8 Å². The van der Waals surface area contributed by atoms with Gasteiger partial charge in [-0.25, -0.2) is 0 Å². The third kappa shape index (κ3) is 6.18. The minimum atomic E-state index is 0.150. The molecule has 0 aromatic heterocycles. The van der Waals surface area contributed by atoms with Crippen molar-refractivity contribution in [2.24, 2.45) is 10.9 Å². The van der Waals surface area contributed by atoms with Crippen LogP contribution in [0.4, 0.5) is 0 Å². The first kappa shape index (κ1) is 19.0. The maximum atomic E-state index is 6.15. The van der Waals surface area contributed by atoms with E-state index in [1.807, 2.05) is 0 Å². The van der Waals surface area contributed by atoms with Gasteiger partial charge in [-0.3, -0.25) is 4.99 Å². The fourth-order valence-electron chi connectivity index (χ4n) is 2.88. The van der Waals surface area contributed by atoms with E-state index < -0.39 is 0 Å². The Morgan fingerprint density at radius 2 is 2.15 bits per heavy atom. The average molecular weight is 361 g/mol. The summed E-state index contributed by atoms with van der Waals surface area (Å²) in [4.78, 5) is 4.28. The van der Waals surface area contributed by atoms with E-state index in [1.165, 1.54) is 18.4 Å². The standard InChI is InChI=1S/C20H31N3O3/c1-15-3-6-17(19(11-15)26-18-7-9-24-14-18)12-23-20(21-2)22-8-10-25-13-16-4-5-16/h3,6,11,16,18H,4-5,7-10,12-14H2,1-2H3,(H2,21,22,23). The van der Waals surface area contributed by atoms with Gasteiger partial charge in [-0.1, -0.05) is 12.1 Å². The summed E-state index contributed by atoms with van der Waals surface area (Å²) in [5, 5.41) is 6.65. The molecule has 0 bridgehead atoms. The number of ether oxygens (including phenoxy) is 3. The highest BCUT2D eigenvalue weighted by molar-refractivity contribution is 5.79. The van der Waals surface area contributed by atoms with Crippen LogP contribution in [0.25, 0.3) is 0 Å². The van der Waals surface area contributed by atoms with Gasteiger partial charge >= 0.3 is 0 Å². The molecule has 1 aliphatic carbocycles. The zero-order valence-corrected chi connectivity index (χ0v) is 15.9. The number of hydrogen-bond donors (Lipinski definition) is 2. The van der Waals surface area contributed by atoms with Gasteiger partial charge in [-0.05, 0) is 37.3 Å². The summed E-state index contributed by atoms with van der Waals surface area (Å²) in [5.74, 6) is 2.50. The van der Waals surface area contributed by atoms with Crippen molar-refractivity contribution >= 4 is 5.96 Å². The predicted octanol–water partition coefficient (Wildman–Crippen LogP) is 2.25. The highest BCUT2D eigenvalue weighted by atomic mass is 16.5. The molecule has 6 nitrogen and oxygen atoms in total. The fraction of sp³-hybridized carbons (Fsp3) is 0.650. The van der Waals surface area contributed by atoms with Gasteiger partial charge in [0.15, 0.2) is 5.96 Å². The van der Waals surface area contributed by atoms with Crippen LogP contribution in [0.2, 0.25) is 0 Å². The molecule has 2 N–H and O–H groups in total. The molecule has 2 fully saturated rings. The number of hydrogen-bond acceptors (Lipinski definition) is 4. The van der Waals surface area contributed by atoms with E-state index in [4.69, 9.17) is 14.2 Å². The van der Waals surface area contributed by atoms with Crippen LogP contribution in [0.5, 0.6) is 5.75 Å². The van der Waals surface area contributed by atoms with Crippen LogP contribution in [0.15, 0.2) is 23.2 Å². The van der Waals surface area contributed by atoms with E-state index in [0.29, 0.717) is 19.8 Å². The number of aryl methyl sites for hydroxylation is 1. The van der Waals surface area contributed by atoms with Gasteiger partial charge in [-0.2, -0.15) is 0 Å². The smallest absolute Gasteiger partial charge is 0.191 e. The van der Waals surface area contributed by atoms with Gasteiger partial charge in [-0.15, -0.1) is 0 Å². The summed E-state index contributed by atoms with van der Waals surface area (Å²) in [6.07, 6.45) is 3.75. The van der Waals surface area contributed by atoms with Crippen LogP contribution in [0.3, 0.4) is 0 Å². The van der Waals surface area contributed by atoms with Crippen molar-refractivity contribution in [3.05, 3.63) is 29.3 Å². The number of nitrogens with zero attached hydrogens (tertiary/aromatic N) is 1. The summed E-state index contributed by atoms with van der Waals surface area (Å²) in [6.45, 7) is 6.54. The molecule has 2 aliphatic rings. The van der Waals surface area contributed by atoms with E-state index in [9.17, 15) is 0 Å². The molecular formula is C20H31N3O3. The molecule has 1 saturated heterocycles. The first-order chi connectivity index (χ1) is 12.7. The first-order valence-corrected chi connectivity index (χ1v) is 9.61.